The highest BCUT2D eigenvalue weighted by Crippen LogP contribution is 2.27. The molecule has 0 saturated carbocycles. The Kier molecular flexibility index (Phi) is 2.66. The number of carboxylic acids is 1. The summed E-state index contributed by atoms with van der Waals surface area (Å²) in [5, 5.41) is 11.4. The SMILES string of the molecule is Cc1ccc2cc(C(C)(C)C(=O)O)ccc2c1. The first-order valence-corrected chi connectivity index (χ1v) is 5.65. The number of hydrogen-bond acceptors (Lipinski definition) is 1. The van der Waals surface area contributed by atoms with E-state index >= 15 is 0 Å². The Morgan fingerprint density at radius 3 is 2.29 bits per heavy atom. The average molecular weight is 228 g/mol. The molecule has 0 aliphatic rings. The molecule has 2 aromatic carbocycles. The molecule has 17 heavy (non-hydrogen) atoms. The number of carboxylic acid groups (broad SMARTS) is 1. The van der Waals surface area contributed by atoms with Crippen molar-refractivity contribution >= 4 is 16.7 Å². The molecule has 0 bridgehead atoms. The lowest BCUT2D eigenvalue weighted by Gasteiger charge is -2.20. The molecule has 88 valence electrons. The molecule has 0 fully saturated rings. The van der Waals surface area contributed by atoms with Crippen LogP contribution >= 0.6 is 0 Å². The van der Waals surface area contributed by atoms with Gasteiger partial charge in [-0.25, -0.2) is 0 Å². The van der Waals surface area contributed by atoms with E-state index in [0.717, 1.165) is 16.3 Å². The molecular weight excluding hydrogens is 212 g/mol. The van der Waals surface area contributed by atoms with Crippen LogP contribution in [-0.2, 0) is 10.2 Å². The molecule has 1 N–H and O–H groups in total. The molecule has 0 radical (unpaired) electrons. The fourth-order valence-electron chi connectivity index (χ4n) is 1.88. The van der Waals surface area contributed by atoms with Gasteiger partial charge in [-0.05, 0) is 37.1 Å². The Morgan fingerprint density at radius 2 is 1.65 bits per heavy atom. The molecule has 2 heteroatoms. The van der Waals surface area contributed by atoms with Crippen LogP contribution in [-0.4, -0.2) is 11.1 Å². The zero-order valence-corrected chi connectivity index (χ0v) is 10.3. The first-order valence-electron chi connectivity index (χ1n) is 5.65. The van der Waals surface area contributed by atoms with Gasteiger partial charge in [0.15, 0.2) is 0 Å². The van der Waals surface area contributed by atoms with E-state index < -0.39 is 11.4 Å². The highest BCUT2D eigenvalue weighted by Gasteiger charge is 2.29. The molecule has 0 aromatic heterocycles. The van der Waals surface area contributed by atoms with E-state index in [1.54, 1.807) is 13.8 Å². The van der Waals surface area contributed by atoms with E-state index in [4.69, 9.17) is 0 Å². The molecule has 2 rings (SSSR count). The smallest absolute Gasteiger partial charge is 0.313 e. The van der Waals surface area contributed by atoms with Crippen LogP contribution in [0.5, 0.6) is 0 Å². The molecule has 0 aliphatic carbocycles. The zero-order valence-electron chi connectivity index (χ0n) is 10.3. The first kappa shape index (κ1) is 11.6. The minimum atomic E-state index is -0.848. The maximum absolute atomic E-state index is 11.2. The quantitative estimate of drug-likeness (QED) is 0.854. The Morgan fingerprint density at radius 1 is 1.06 bits per heavy atom. The lowest BCUT2D eigenvalue weighted by molar-refractivity contribution is -0.142. The van der Waals surface area contributed by atoms with Crippen LogP contribution in [0.2, 0.25) is 0 Å². The molecule has 0 saturated heterocycles. The highest BCUT2D eigenvalue weighted by atomic mass is 16.4. The monoisotopic (exact) mass is 228 g/mol. The summed E-state index contributed by atoms with van der Waals surface area (Å²) >= 11 is 0. The summed E-state index contributed by atoms with van der Waals surface area (Å²) < 4.78 is 0. The van der Waals surface area contributed by atoms with Gasteiger partial charge < -0.3 is 5.11 Å². The van der Waals surface area contributed by atoms with Gasteiger partial charge in [-0.2, -0.15) is 0 Å². The average Bonchev–Trinajstić information content (AvgIpc) is 2.28. The maximum atomic E-state index is 11.2. The summed E-state index contributed by atoms with van der Waals surface area (Å²) in [6, 6.07) is 12.0. The van der Waals surface area contributed by atoms with Gasteiger partial charge >= 0.3 is 5.97 Å². The van der Waals surface area contributed by atoms with E-state index in [2.05, 4.69) is 13.0 Å². The predicted molar refractivity (Wildman–Crippen MR) is 69.3 cm³/mol. The van der Waals surface area contributed by atoms with Gasteiger partial charge in [0.2, 0.25) is 0 Å². The van der Waals surface area contributed by atoms with Crippen molar-refractivity contribution in [2.24, 2.45) is 0 Å². The second-order valence-electron chi connectivity index (χ2n) is 5.00. The van der Waals surface area contributed by atoms with Crippen molar-refractivity contribution in [1.29, 1.82) is 0 Å². The number of carbonyl (C=O) groups is 1. The zero-order chi connectivity index (χ0) is 12.6. The fraction of sp³-hybridized carbons (Fsp3) is 0.267. The second-order valence-corrected chi connectivity index (χ2v) is 5.00. The summed E-state index contributed by atoms with van der Waals surface area (Å²) in [7, 11) is 0. The highest BCUT2D eigenvalue weighted by molar-refractivity contribution is 5.87. The van der Waals surface area contributed by atoms with Gasteiger partial charge in [-0.15, -0.1) is 0 Å². The fourth-order valence-corrected chi connectivity index (χ4v) is 1.88. The third-order valence-corrected chi connectivity index (χ3v) is 3.25. The maximum Gasteiger partial charge on any atom is 0.313 e. The minimum absolute atomic E-state index is 0.802. The first-order chi connectivity index (χ1) is 7.91. The number of fused-ring (bicyclic) bond motifs is 1. The molecule has 0 atom stereocenters. The number of hydrogen-bond donors (Lipinski definition) is 1. The van der Waals surface area contributed by atoms with Gasteiger partial charge in [0, 0.05) is 0 Å². The van der Waals surface area contributed by atoms with Gasteiger partial charge in [-0.1, -0.05) is 42.0 Å². The van der Waals surface area contributed by atoms with E-state index in [9.17, 15) is 9.90 Å². The third-order valence-electron chi connectivity index (χ3n) is 3.25. The number of rotatable bonds is 2. The predicted octanol–water partition coefficient (Wildman–Crippen LogP) is 3.51. The number of aliphatic carboxylic acids is 1. The van der Waals surface area contributed by atoms with Crippen molar-refractivity contribution in [3.8, 4) is 0 Å². The van der Waals surface area contributed by atoms with Crippen LogP contribution in [0, 0.1) is 6.92 Å². The lowest BCUT2D eigenvalue weighted by Crippen LogP contribution is -2.28. The van der Waals surface area contributed by atoms with E-state index in [-0.39, 0.29) is 0 Å². The van der Waals surface area contributed by atoms with Crippen LogP contribution in [0.1, 0.15) is 25.0 Å². The van der Waals surface area contributed by atoms with Gasteiger partial charge in [0.25, 0.3) is 0 Å². The Labute approximate surface area is 101 Å². The second kappa shape index (κ2) is 3.88. The van der Waals surface area contributed by atoms with Crippen molar-refractivity contribution < 1.29 is 9.90 Å². The van der Waals surface area contributed by atoms with Gasteiger partial charge in [0.05, 0.1) is 5.41 Å². The molecule has 0 unspecified atom stereocenters. The lowest BCUT2D eigenvalue weighted by atomic mass is 9.84. The molecular formula is C15H16O2. The third kappa shape index (κ3) is 2.03. The summed E-state index contributed by atoms with van der Waals surface area (Å²) in [5.41, 5.74) is 1.20. The molecule has 0 heterocycles. The van der Waals surface area contributed by atoms with Crippen molar-refractivity contribution in [3.63, 3.8) is 0 Å². The van der Waals surface area contributed by atoms with Crippen molar-refractivity contribution in [2.75, 3.05) is 0 Å². The van der Waals surface area contributed by atoms with Gasteiger partial charge in [0.1, 0.15) is 0 Å². The number of benzene rings is 2. The van der Waals surface area contributed by atoms with Crippen LogP contribution in [0.15, 0.2) is 36.4 Å². The Balaban J connectivity index is 2.59. The minimum Gasteiger partial charge on any atom is -0.481 e. The Hall–Kier alpha value is -1.83. The van der Waals surface area contributed by atoms with Crippen molar-refractivity contribution in [3.05, 3.63) is 47.5 Å². The molecule has 2 nitrogen and oxygen atoms in total. The summed E-state index contributed by atoms with van der Waals surface area (Å²) in [5.74, 6) is -0.802. The van der Waals surface area contributed by atoms with Crippen molar-refractivity contribution in [1.82, 2.24) is 0 Å². The largest absolute Gasteiger partial charge is 0.481 e. The molecule has 0 amide bonds. The van der Waals surface area contributed by atoms with Crippen molar-refractivity contribution in [2.45, 2.75) is 26.2 Å². The van der Waals surface area contributed by atoms with E-state index in [1.165, 1.54) is 5.56 Å². The Bertz CT molecular complexity index is 582. The summed E-state index contributed by atoms with van der Waals surface area (Å²) in [4.78, 5) is 11.2. The molecule has 0 spiro atoms. The van der Waals surface area contributed by atoms with Crippen LogP contribution in [0.4, 0.5) is 0 Å². The molecule has 2 aromatic rings. The topological polar surface area (TPSA) is 37.3 Å². The summed E-state index contributed by atoms with van der Waals surface area (Å²) in [6.07, 6.45) is 0. The van der Waals surface area contributed by atoms with Crippen LogP contribution < -0.4 is 0 Å². The van der Waals surface area contributed by atoms with Crippen LogP contribution in [0.3, 0.4) is 0 Å². The molecule has 0 aliphatic heterocycles. The van der Waals surface area contributed by atoms with E-state index in [0.29, 0.717) is 0 Å². The van der Waals surface area contributed by atoms with Crippen LogP contribution in [0.25, 0.3) is 10.8 Å². The number of aryl methyl sites for hydroxylation is 1. The van der Waals surface area contributed by atoms with E-state index in [1.807, 2.05) is 30.3 Å². The standard InChI is InChI=1S/C15H16O2/c1-10-4-5-12-9-13(7-6-11(12)8-10)15(2,3)14(16)17/h4-9H,1-3H3,(H,16,17). The normalized spacial score (nSPS) is 11.7. The van der Waals surface area contributed by atoms with Gasteiger partial charge in [-0.3, -0.25) is 4.79 Å². The summed E-state index contributed by atoms with van der Waals surface area (Å²) in [6.45, 7) is 5.50.